The van der Waals surface area contributed by atoms with E-state index in [-0.39, 0.29) is 41.4 Å². The van der Waals surface area contributed by atoms with Gasteiger partial charge in [-0.3, -0.25) is 19.3 Å². The summed E-state index contributed by atoms with van der Waals surface area (Å²) in [7, 11) is 1.49. The van der Waals surface area contributed by atoms with Crippen molar-refractivity contribution in [3.63, 3.8) is 0 Å². The Morgan fingerprint density at radius 3 is 2.29 bits per heavy atom. The average molecular weight is 426 g/mol. The summed E-state index contributed by atoms with van der Waals surface area (Å²) in [6.07, 6.45) is 4.83. The van der Waals surface area contributed by atoms with Crippen molar-refractivity contribution in [2.24, 2.45) is 29.6 Å². The number of hydrogen-bond acceptors (Lipinski definition) is 6. The first-order valence-corrected chi connectivity index (χ1v) is 10.5. The molecule has 0 unspecified atom stereocenters. The van der Waals surface area contributed by atoms with Gasteiger partial charge in [-0.15, -0.1) is 0 Å². The molecule has 1 saturated carbocycles. The number of amides is 3. The fourth-order valence-corrected chi connectivity index (χ4v) is 5.03. The van der Waals surface area contributed by atoms with Crippen LogP contribution in [-0.2, 0) is 23.9 Å². The molecule has 4 rings (SSSR count). The third-order valence-electron chi connectivity index (χ3n) is 6.38. The zero-order chi connectivity index (χ0) is 22.3. The molecule has 8 nitrogen and oxygen atoms in total. The Hall–Kier alpha value is -3.16. The normalized spacial score (nSPS) is 26.9. The van der Waals surface area contributed by atoms with Gasteiger partial charge in [0.15, 0.2) is 6.61 Å². The van der Waals surface area contributed by atoms with Gasteiger partial charge < -0.3 is 14.8 Å². The fraction of sp³-hybridized carbons (Fsp3) is 0.478. The smallest absolute Gasteiger partial charge is 0.330 e. The lowest BCUT2D eigenvalue weighted by molar-refractivity contribution is -0.162. The molecular formula is C23H26N2O6. The number of carbonyl (C=O) groups excluding carboxylic acids is 4. The number of likely N-dealkylation sites (tertiary alicyclic amines) is 1. The van der Waals surface area contributed by atoms with Gasteiger partial charge in [-0.2, -0.15) is 0 Å². The van der Waals surface area contributed by atoms with Crippen molar-refractivity contribution in [1.29, 1.82) is 0 Å². The summed E-state index contributed by atoms with van der Waals surface area (Å²) in [6.45, 7) is 2.97. The number of fused-ring (bicyclic) bond motifs is 5. The van der Waals surface area contributed by atoms with Crippen LogP contribution in [0.5, 0.6) is 5.75 Å². The van der Waals surface area contributed by atoms with E-state index in [0.29, 0.717) is 11.4 Å². The van der Waals surface area contributed by atoms with Crippen LogP contribution in [0.4, 0.5) is 5.69 Å². The second-order valence-corrected chi connectivity index (χ2v) is 8.59. The number of anilines is 1. The number of allylic oxidation sites excluding steroid dienone is 2. The molecule has 3 aliphatic rings. The molecule has 1 saturated heterocycles. The minimum absolute atomic E-state index is 0.0620. The SMILES string of the molecule is COc1ccccc1NC(=O)COC(=O)[C@H](C(C)C)N1C(=O)[C@H]2[C@H](C1=O)[C@H]1C=C[C@H]2C1. The molecule has 1 aromatic carbocycles. The summed E-state index contributed by atoms with van der Waals surface area (Å²) in [5.74, 6) is -2.42. The van der Waals surface area contributed by atoms with E-state index >= 15 is 0 Å². The Morgan fingerprint density at radius 1 is 1.10 bits per heavy atom. The first kappa shape index (κ1) is 21.1. The van der Waals surface area contributed by atoms with Gasteiger partial charge in [0.05, 0.1) is 24.6 Å². The van der Waals surface area contributed by atoms with Crippen LogP contribution in [0.15, 0.2) is 36.4 Å². The third-order valence-corrected chi connectivity index (χ3v) is 6.38. The summed E-state index contributed by atoms with van der Waals surface area (Å²) in [5, 5.41) is 2.63. The second kappa shape index (κ2) is 8.17. The van der Waals surface area contributed by atoms with Crippen molar-refractivity contribution in [2.75, 3.05) is 19.0 Å². The molecule has 1 heterocycles. The van der Waals surface area contributed by atoms with Crippen LogP contribution < -0.4 is 10.1 Å². The van der Waals surface area contributed by atoms with Gasteiger partial charge in [-0.05, 0) is 36.3 Å². The topological polar surface area (TPSA) is 102 Å². The molecule has 31 heavy (non-hydrogen) atoms. The maximum atomic E-state index is 13.1. The van der Waals surface area contributed by atoms with Gasteiger partial charge in [-0.1, -0.05) is 38.1 Å². The zero-order valence-electron chi connectivity index (χ0n) is 17.7. The molecule has 0 aromatic heterocycles. The van der Waals surface area contributed by atoms with Gasteiger partial charge in [0.2, 0.25) is 11.8 Å². The summed E-state index contributed by atoms with van der Waals surface area (Å²) < 4.78 is 10.4. The summed E-state index contributed by atoms with van der Waals surface area (Å²) in [4.78, 5) is 52.3. The molecule has 5 atom stereocenters. The lowest BCUT2D eigenvalue weighted by Crippen LogP contribution is -2.50. The van der Waals surface area contributed by atoms with Gasteiger partial charge in [0.25, 0.3) is 5.91 Å². The van der Waals surface area contributed by atoms with Gasteiger partial charge in [0, 0.05) is 0 Å². The lowest BCUT2D eigenvalue weighted by Gasteiger charge is -2.28. The molecule has 2 bridgehead atoms. The number of nitrogens with zero attached hydrogens (tertiary/aromatic N) is 1. The summed E-state index contributed by atoms with van der Waals surface area (Å²) >= 11 is 0. The molecule has 0 spiro atoms. The maximum Gasteiger partial charge on any atom is 0.330 e. The van der Waals surface area contributed by atoms with E-state index in [4.69, 9.17) is 9.47 Å². The van der Waals surface area contributed by atoms with Crippen LogP contribution in [0.2, 0.25) is 0 Å². The minimum atomic E-state index is -1.05. The number of carbonyl (C=O) groups is 4. The zero-order valence-corrected chi connectivity index (χ0v) is 17.7. The molecule has 1 aromatic rings. The van der Waals surface area contributed by atoms with Crippen molar-refractivity contribution in [2.45, 2.75) is 26.3 Å². The third kappa shape index (κ3) is 3.60. The van der Waals surface area contributed by atoms with Crippen LogP contribution in [0, 0.1) is 29.6 Å². The number of benzene rings is 1. The van der Waals surface area contributed by atoms with Crippen molar-refractivity contribution >= 4 is 29.4 Å². The Morgan fingerprint density at radius 2 is 1.71 bits per heavy atom. The van der Waals surface area contributed by atoms with Crippen molar-refractivity contribution in [3.8, 4) is 5.75 Å². The highest BCUT2D eigenvalue weighted by atomic mass is 16.5. The van der Waals surface area contributed by atoms with E-state index in [1.165, 1.54) is 7.11 Å². The summed E-state index contributed by atoms with van der Waals surface area (Å²) in [6, 6.07) is 5.81. The second-order valence-electron chi connectivity index (χ2n) is 8.59. The highest BCUT2D eigenvalue weighted by Crippen LogP contribution is 2.53. The number of para-hydroxylation sites is 2. The Bertz CT molecular complexity index is 925. The number of hydrogen-bond donors (Lipinski definition) is 1. The highest BCUT2D eigenvalue weighted by Gasteiger charge is 2.61. The Balaban J connectivity index is 1.42. The van der Waals surface area contributed by atoms with Crippen LogP contribution in [0.3, 0.4) is 0 Å². The molecule has 3 amide bonds. The summed E-state index contributed by atoms with van der Waals surface area (Å²) in [5.41, 5.74) is 0.451. The minimum Gasteiger partial charge on any atom is -0.495 e. The molecule has 2 aliphatic carbocycles. The van der Waals surface area contributed by atoms with Gasteiger partial charge >= 0.3 is 5.97 Å². The van der Waals surface area contributed by atoms with Gasteiger partial charge in [-0.25, -0.2) is 4.79 Å². The molecule has 164 valence electrons. The number of nitrogens with one attached hydrogen (secondary N) is 1. The van der Waals surface area contributed by atoms with Crippen LogP contribution in [0.25, 0.3) is 0 Å². The standard InChI is InChI=1S/C23H26N2O6/c1-12(2)20(25-21(27)18-13-8-9-14(10-13)19(18)22(25)28)23(29)31-11-17(26)24-15-6-4-5-7-16(15)30-3/h4-9,12-14,18-20H,10-11H2,1-3H3,(H,24,26)/t13-,14-,18+,19+,20-/m0/s1. The largest absolute Gasteiger partial charge is 0.495 e. The number of imide groups is 1. The van der Waals surface area contributed by atoms with E-state index in [1.807, 2.05) is 12.2 Å². The molecule has 1 aliphatic heterocycles. The Kier molecular flexibility index (Phi) is 5.56. The van der Waals surface area contributed by atoms with Crippen molar-refractivity contribution in [1.82, 2.24) is 4.90 Å². The lowest BCUT2D eigenvalue weighted by atomic mass is 9.85. The molecule has 0 radical (unpaired) electrons. The number of rotatable bonds is 7. The predicted octanol–water partition coefficient (Wildman–Crippen LogP) is 2.01. The average Bonchev–Trinajstić information content (AvgIpc) is 3.42. The monoisotopic (exact) mass is 426 g/mol. The first-order chi connectivity index (χ1) is 14.8. The van der Waals surface area contributed by atoms with E-state index in [0.717, 1.165) is 11.3 Å². The van der Waals surface area contributed by atoms with Crippen molar-refractivity contribution < 1.29 is 28.7 Å². The van der Waals surface area contributed by atoms with Gasteiger partial charge in [0.1, 0.15) is 11.8 Å². The number of ether oxygens (including phenoxy) is 2. The van der Waals surface area contributed by atoms with E-state index < -0.39 is 24.5 Å². The van der Waals surface area contributed by atoms with E-state index in [1.54, 1.807) is 38.1 Å². The van der Waals surface area contributed by atoms with E-state index in [2.05, 4.69) is 5.32 Å². The maximum absolute atomic E-state index is 13.1. The first-order valence-electron chi connectivity index (χ1n) is 10.5. The molecule has 1 N–H and O–H groups in total. The van der Waals surface area contributed by atoms with Crippen LogP contribution >= 0.6 is 0 Å². The van der Waals surface area contributed by atoms with Crippen LogP contribution in [-0.4, -0.2) is 48.3 Å². The quantitative estimate of drug-likeness (QED) is 0.407. The molecule has 2 fully saturated rings. The fourth-order valence-electron chi connectivity index (χ4n) is 5.03. The van der Waals surface area contributed by atoms with Crippen molar-refractivity contribution in [3.05, 3.63) is 36.4 Å². The van der Waals surface area contributed by atoms with E-state index in [9.17, 15) is 19.2 Å². The molecule has 8 heteroatoms. The number of esters is 1. The highest BCUT2D eigenvalue weighted by molar-refractivity contribution is 6.09. The van der Waals surface area contributed by atoms with Crippen LogP contribution in [0.1, 0.15) is 20.3 Å². The Labute approximate surface area is 180 Å². The molecular weight excluding hydrogens is 400 g/mol. The number of methoxy groups -OCH3 is 1. The predicted molar refractivity (Wildman–Crippen MR) is 111 cm³/mol.